The van der Waals surface area contributed by atoms with Gasteiger partial charge in [-0.1, -0.05) is 18.2 Å². The molecule has 1 saturated heterocycles. The van der Waals surface area contributed by atoms with E-state index in [1.54, 1.807) is 26.2 Å². The molecule has 6 nitrogen and oxygen atoms in total. The van der Waals surface area contributed by atoms with Gasteiger partial charge < -0.3 is 14.8 Å². The highest BCUT2D eigenvalue weighted by Gasteiger charge is 2.49. The first kappa shape index (κ1) is 16.3. The molecule has 1 aliphatic heterocycles. The second-order valence-electron chi connectivity index (χ2n) is 5.49. The van der Waals surface area contributed by atoms with Gasteiger partial charge in [0, 0.05) is 4.88 Å². The molecule has 2 heterocycles. The summed E-state index contributed by atoms with van der Waals surface area (Å²) in [4.78, 5) is 26.9. The molecule has 0 aliphatic carbocycles. The van der Waals surface area contributed by atoms with Crippen molar-refractivity contribution in [1.29, 1.82) is 0 Å². The SMILES string of the molecule is COc1ccccc1OCCN1C(=O)N[C@@](C)(c2cccs2)C1=O. The minimum atomic E-state index is -1.00. The molecule has 1 aliphatic rings. The van der Waals surface area contributed by atoms with Gasteiger partial charge in [-0.3, -0.25) is 9.69 Å². The first-order valence-corrected chi connectivity index (χ1v) is 8.38. The number of urea groups is 1. The average Bonchev–Trinajstić information content (AvgIpc) is 3.19. The van der Waals surface area contributed by atoms with E-state index in [4.69, 9.17) is 9.47 Å². The fourth-order valence-corrected chi connectivity index (χ4v) is 3.45. The number of methoxy groups -OCH3 is 1. The molecule has 7 heteroatoms. The molecule has 0 bridgehead atoms. The van der Waals surface area contributed by atoms with Crippen molar-refractivity contribution in [3.05, 3.63) is 46.7 Å². The van der Waals surface area contributed by atoms with Gasteiger partial charge in [-0.05, 0) is 30.5 Å². The van der Waals surface area contributed by atoms with Gasteiger partial charge in [0.1, 0.15) is 6.61 Å². The first-order valence-electron chi connectivity index (χ1n) is 7.50. The van der Waals surface area contributed by atoms with E-state index in [1.165, 1.54) is 16.2 Å². The van der Waals surface area contributed by atoms with Crippen LogP contribution in [0.15, 0.2) is 41.8 Å². The zero-order chi connectivity index (χ0) is 17.2. The van der Waals surface area contributed by atoms with E-state index in [-0.39, 0.29) is 19.1 Å². The number of carbonyl (C=O) groups excluding carboxylic acids is 2. The standard InChI is InChI=1S/C17H18N2O4S/c1-17(14-8-5-11-24-14)15(20)19(16(21)18-17)9-10-23-13-7-4-3-6-12(13)22-2/h3-8,11H,9-10H2,1-2H3,(H,18,21)/t17-/m0/s1. The van der Waals surface area contributed by atoms with E-state index in [0.29, 0.717) is 11.5 Å². The summed E-state index contributed by atoms with van der Waals surface area (Å²) in [6.07, 6.45) is 0. The van der Waals surface area contributed by atoms with Gasteiger partial charge in [0.2, 0.25) is 0 Å². The van der Waals surface area contributed by atoms with Crippen LogP contribution in [-0.4, -0.2) is 37.1 Å². The Bertz CT molecular complexity index is 747. The molecule has 3 rings (SSSR count). The van der Waals surface area contributed by atoms with Crippen molar-refractivity contribution >= 4 is 23.3 Å². The molecular formula is C17H18N2O4S. The molecule has 2 aromatic rings. The van der Waals surface area contributed by atoms with E-state index < -0.39 is 11.6 Å². The molecule has 0 radical (unpaired) electrons. The predicted molar refractivity (Wildman–Crippen MR) is 90.4 cm³/mol. The number of rotatable bonds is 6. The Balaban J connectivity index is 1.66. The number of hydrogen-bond acceptors (Lipinski definition) is 5. The average molecular weight is 346 g/mol. The summed E-state index contributed by atoms with van der Waals surface area (Å²) in [6.45, 7) is 2.09. The molecular weight excluding hydrogens is 328 g/mol. The second-order valence-corrected chi connectivity index (χ2v) is 6.44. The number of para-hydroxylation sites is 2. The zero-order valence-electron chi connectivity index (χ0n) is 13.4. The Hall–Kier alpha value is -2.54. The number of nitrogens with one attached hydrogen (secondary N) is 1. The van der Waals surface area contributed by atoms with Crippen LogP contribution in [0.25, 0.3) is 0 Å². The number of thiophene rings is 1. The van der Waals surface area contributed by atoms with Crippen molar-refractivity contribution in [2.24, 2.45) is 0 Å². The van der Waals surface area contributed by atoms with Crippen molar-refractivity contribution < 1.29 is 19.1 Å². The number of hydrogen-bond donors (Lipinski definition) is 1. The smallest absolute Gasteiger partial charge is 0.325 e. The summed E-state index contributed by atoms with van der Waals surface area (Å²) in [5.41, 5.74) is -1.00. The molecule has 0 unspecified atom stereocenters. The number of imide groups is 1. The molecule has 24 heavy (non-hydrogen) atoms. The Kier molecular flexibility index (Phi) is 4.44. The van der Waals surface area contributed by atoms with Gasteiger partial charge in [-0.25, -0.2) is 4.79 Å². The third-order valence-corrected chi connectivity index (χ3v) is 5.02. The molecule has 1 aromatic heterocycles. The van der Waals surface area contributed by atoms with Crippen molar-refractivity contribution in [1.82, 2.24) is 10.2 Å². The molecule has 1 fully saturated rings. The fourth-order valence-electron chi connectivity index (χ4n) is 2.62. The van der Waals surface area contributed by atoms with Gasteiger partial charge in [0.15, 0.2) is 17.0 Å². The lowest BCUT2D eigenvalue weighted by Crippen LogP contribution is -2.40. The predicted octanol–water partition coefficient (Wildman–Crippen LogP) is 2.60. The normalized spacial score (nSPS) is 20.2. The van der Waals surface area contributed by atoms with Crippen molar-refractivity contribution in [2.75, 3.05) is 20.3 Å². The third kappa shape index (κ3) is 2.82. The highest BCUT2D eigenvalue weighted by molar-refractivity contribution is 7.10. The summed E-state index contributed by atoms with van der Waals surface area (Å²) in [7, 11) is 1.56. The van der Waals surface area contributed by atoms with Gasteiger partial charge in [-0.15, -0.1) is 11.3 Å². The highest BCUT2D eigenvalue weighted by Crippen LogP contribution is 2.32. The molecule has 0 spiro atoms. The van der Waals surface area contributed by atoms with Crippen molar-refractivity contribution in [3.8, 4) is 11.5 Å². The van der Waals surface area contributed by atoms with E-state index in [1.807, 2.05) is 29.6 Å². The van der Waals surface area contributed by atoms with Crippen molar-refractivity contribution in [2.45, 2.75) is 12.5 Å². The van der Waals surface area contributed by atoms with Gasteiger partial charge >= 0.3 is 6.03 Å². The van der Waals surface area contributed by atoms with Crippen LogP contribution in [-0.2, 0) is 10.3 Å². The topological polar surface area (TPSA) is 67.9 Å². The molecule has 126 valence electrons. The monoisotopic (exact) mass is 346 g/mol. The largest absolute Gasteiger partial charge is 0.493 e. The van der Waals surface area contributed by atoms with Crippen LogP contribution in [0.5, 0.6) is 11.5 Å². The minimum absolute atomic E-state index is 0.170. The third-order valence-electron chi connectivity index (χ3n) is 3.93. The Morgan fingerprint density at radius 3 is 2.58 bits per heavy atom. The van der Waals surface area contributed by atoms with Crippen LogP contribution in [0.1, 0.15) is 11.8 Å². The lowest BCUT2D eigenvalue weighted by atomic mass is 10.0. The molecule has 3 amide bonds. The van der Waals surface area contributed by atoms with Crippen LogP contribution < -0.4 is 14.8 Å². The summed E-state index contributed by atoms with van der Waals surface area (Å²) in [5.74, 6) is 0.921. The Morgan fingerprint density at radius 2 is 1.92 bits per heavy atom. The zero-order valence-corrected chi connectivity index (χ0v) is 14.3. The van der Waals surface area contributed by atoms with Gasteiger partial charge in [0.05, 0.1) is 13.7 Å². The maximum absolute atomic E-state index is 12.7. The van der Waals surface area contributed by atoms with E-state index in [9.17, 15) is 9.59 Å². The number of benzene rings is 1. The number of nitrogens with zero attached hydrogens (tertiary/aromatic N) is 1. The molecule has 1 atom stereocenters. The summed E-state index contributed by atoms with van der Waals surface area (Å²) >= 11 is 1.44. The van der Waals surface area contributed by atoms with Crippen LogP contribution >= 0.6 is 11.3 Å². The maximum Gasteiger partial charge on any atom is 0.325 e. The molecule has 0 saturated carbocycles. The van der Waals surface area contributed by atoms with E-state index in [0.717, 1.165) is 4.88 Å². The summed E-state index contributed by atoms with van der Waals surface area (Å²) < 4.78 is 10.9. The minimum Gasteiger partial charge on any atom is -0.493 e. The Labute approximate surface area is 144 Å². The quantitative estimate of drug-likeness (QED) is 0.817. The first-order chi connectivity index (χ1) is 11.6. The van der Waals surface area contributed by atoms with E-state index in [2.05, 4.69) is 5.32 Å². The summed E-state index contributed by atoms with van der Waals surface area (Å²) in [6, 6.07) is 10.5. The molecule has 1 aromatic carbocycles. The van der Waals surface area contributed by atoms with Crippen LogP contribution in [0, 0.1) is 0 Å². The lowest BCUT2D eigenvalue weighted by Gasteiger charge is -2.20. The molecule has 1 N–H and O–H groups in total. The van der Waals surface area contributed by atoms with Crippen LogP contribution in [0.2, 0.25) is 0 Å². The highest BCUT2D eigenvalue weighted by atomic mass is 32.1. The Morgan fingerprint density at radius 1 is 1.17 bits per heavy atom. The number of carbonyl (C=O) groups is 2. The van der Waals surface area contributed by atoms with Crippen LogP contribution in [0.3, 0.4) is 0 Å². The lowest BCUT2D eigenvalue weighted by molar-refractivity contribution is -0.131. The van der Waals surface area contributed by atoms with Crippen molar-refractivity contribution in [3.63, 3.8) is 0 Å². The number of amides is 3. The van der Waals surface area contributed by atoms with Gasteiger partial charge in [0.25, 0.3) is 5.91 Å². The summed E-state index contributed by atoms with van der Waals surface area (Å²) in [5, 5.41) is 4.65. The maximum atomic E-state index is 12.7. The second kappa shape index (κ2) is 6.52. The van der Waals surface area contributed by atoms with Crippen LogP contribution in [0.4, 0.5) is 4.79 Å². The number of ether oxygens (including phenoxy) is 2. The van der Waals surface area contributed by atoms with E-state index >= 15 is 0 Å². The fraction of sp³-hybridized carbons (Fsp3) is 0.294. The van der Waals surface area contributed by atoms with Gasteiger partial charge in [-0.2, -0.15) is 0 Å².